The number of halogens is 1. The molecule has 0 aromatic carbocycles. The third kappa shape index (κ3) is 3.02. The van der Waals surface area contributed by atoms with E-state index in [1.54, 1.807) is 18.5 Å². The number of aromatic nitrogens is 1. The first kappa shape index (κ1) is 13.3. The Morgan fingerprint density at radius 1 is 1.50 bits per heavy atom. The lowest BCUT2D eigenvalue weighted by atomic mass is 9.85. The first-order valence-corrected chi connectivity index (χ1v) is 7.03. The number of hydrogen-bond acceptors (Lipinski definition) is 2. The fourth-order valence-electron chi connectivity index (χ4n) is 2.56. The molecule has 1 fully saturated rings. The number of hydrogen-bond donors (Lipinski definition) is 1. The normalized spacial score (nSPS) is 23.7. The zero-order valence-corrected chi connectivity index (χ0v) is 11.4. The van der Waals surface area contributed by atoms with Crippen LogP contribution >= 0.6 is 11.6 Å². The summed E-state index contributed by atoms with van der Waals surface area (Å²) in [5, 5.41) is 3.13. The molecule has 0 bridgehead atoms. The molecule has 1 aliphatic rings. The van der Waals surface area contributed by atoms with Gasteiger partial charge in [0.15, 0.2) is 0 Å². The maximum Gasteiger partial charge on any atom is 0.251 e. The predicted molar refractivity (Wildman–Crippen MR) is 72.9 cm³/mol. The molecule has 2 rings (SSSR count). The van der Waals surface area contributed by atoms with Crippen LogP contribution in [0, 0.1) is 12.8 Å². The van der Waals surface area contributed by atoms with Gasteiger partial charge in [-0.15, -0.1) is 11.6 Å². The van der Waals surface area contributed by atoms with Crippen molar-refractivity contribution in [3.8, 4) is 0 Å². The van der Waals surface area contributed by atoms with Gasteiger partial charge in [-0.2, -0.15) is 0 Å². The summed E-state index contributed by atoms with van der Waals surface area (Å²) < 4.78 is 0. The van der Waals surface area contributed by atoms with Crippen molar-refractivity contribution in [1.29, 1.82) is 0 Å². The van der Waals surface area contributed by atoms with Crippen LogP contribution in [-0.2, 0) is 0 Å². The van der Waals surface area contributed by atoms with E-state index in [1.165, 1.54) is 12.8 Å². The Hall–Kier alpha value is -1.09. The van der Waals surface area contributed by atoms with E-state index >= 15 is 0 Å². The lowest BCUT2D eigenvalue weighted by Crippen LogP contribution is -2.43. The van der Waals surface area contributed by atoms with E-state index in [2.05, 4.69) is 10.3 Å². The van der Waals surface area contributed by atoms with Gasteiger partial charge in [-0.1, -0.05) is 12.8 Å². The van der Waals surface area contributed by atoms with Gasteiger partial charge in [-0.25, -0.2) is 0 Å². The summed E-state index contributed by atoms with van der Waals surface area (Å²) in [5.41, 5.74) is 1.62. The molecule has 98 valence electrons. The molecule has 0 saturated heterocycles. The van der Waals surface area contributed by atoms with Crippen LogP contribution in [0.5, 0.6) is 0 Å². The number of amides is 1. The Balaban J connectivity index is 2.04. The van der Waals surface area contributed by atoms with E-state index in [9.17, 15) is 4.79 Å². The SMILES string of the molecule is Cc1cnccc1C(=O)NC1CCCCC1CCl. The minimum absolute atomic E-state index is 0.00285. The fourth-order valence-corrected chi connectivity index (χ4v) is 2.93. The summed E-state index contributed by atoms with van der Waals surface area (Å²) in [6.45, 7) is 1.90. The van der Waals surface area contributed by atoms with Crippen LogP contribution in [-0.4, -0.2) is 22.8 Å². The smallest absolute Gasteiger partial charge is 0.251 e. The number of carbonyl (C=O) groups excluding carboxylic acids is 1. The maximum absolute atomic E-state index is 12.2. The molecule has 1 aliphatic carbocycles. The number of aryl methyl sites for hydroxylation is 1. The van der Waals surface area contributed by atoms with Gasteiger partial charge in [0.2, 0.25) is 0 Å². The van der Waals surface area contributed by atoms with Crippen LogP contribution in [0.1, 0.15) is 41.6 Å². The third-order valence-corrected chi connectivity index (χ3v) is 4.09. The van der Waals surface area contributed by atoms with Crippen molar-refractivity contribution in [2.75, 3.05) is 5.88 Å². The molecule has 1 heterocycles. The van der Waals surface area contributed by atoms with Crippen molar-refractivity contribution in [3.63, 3.8) is 0 Å². The predicted octanol–water partition coefficient (Wildman–Crippen LogP) is 2.92. The molecule has 1 N–H and O–H groups in total. The molecule has 18 heavy (non-hydrogen) atoms. The highest BCUT2D eigenvalue weighted by molar-refractivity contribution is 6.18. The van der Waals surface area contributed by atoms with Crippen molar-refractivity contribution in [2.24, 2.45) is 5.92 Å². The Labute approximate surface area is 113 Å². The second kappa shape index (κ2) is 6.19. The van der Waals surface area contributed by atoms with E-state index in [1.807, 2.05) is 6.92 Å². The Bertz CT molecular complexity index is 422. The average molecular weight is 267 g/mol. The molecule has 2 atom stereocenters. The molecule has 0 spiro atoms. The Morgan fingerprint density at radius 2 is 2.28 bits per heavy atom. The average Bonchev–Trinajstić information content (AvgIpc) is 2.39. The number of pyridine rings is 1. The van der Waals surface area contributed by atoms with Gasteiger partial charge in [-0.3, -0.25) is 9.78 Å². The van der Waals surface area contributed by atoms with Crippen molar-refractivity contribution < 1.29 is 4.79 Å². The topological polar surface area (TPSA) is 42.0 Å². The summed E-state index contributed by atoms with van der Waals surface area (Å²) in [6.07, 6.45) is 7.92. The highest BCUT2D eigenvalue weighted by Gasteiger charge is 2.26. The summed E-state index contributed by atoms with van der Waals surface area (Å²) in [7, 11) is 0. The van der Waals surface area contributed by atoms with E-state index in [4.69, 9.17) is 11.6 Å². The van der Waals surface area contributed by atoms with Crippen LogP contribution in [0.25, 0.3) is 0 Å². The minimum Gasteiger partial charge on any atom is -0.349 e. The standard InChI is InChI=1S/C14H19ClN2O/c1-10-9-16-7-6-12(10)14(18)17-13-5-3-2-4-11(13)8-15/h6-7,9,11,13H,2-5,8H2,1H3,(H,17,18). The molecule has 4 heteroatoms. The fraction of sp³-hybridized carbons (Fsp3) is 0.571. The molecule has 2 unspecified atom stereocenters. The van der Waals surface area contributed by atoms with E-state index in [0.29, 0.717) is 17.4 Å². The lowest BCUT2D eigenvalue weighted by Gasteiger charge is -2.31. The lowest BCUT2D eigenvalue weighted by molar-refractivity contribution is 0.0910. The van der Waals surface area contributed by atoms with Crippen molar-refractivity contribution >= 4 is 17.5 Å². The summed E-state index contributed by atoms with van der Waals surface area (Å²) in [4.78, 5) is 16.2. The number of alkyl halides is 1. The van der Waals surface area contributed by atoms with Gasteiger partial charge < -0.3 is 5.32 Å². The van der Waals surface area contributed by atoms with Gasteiger partial charge >= 0.3 is 0 Å². The van der Waals surface area contributed by atoms with Crippen molar-refractivity contribution in [1.82, 2.24) is 10.3 Å². The van der Waals surface area contributed by atoms with Crippen LogP contribution in [0.3, 0.4) is 0 Å². The van der Waals surface area contributed by atoms with Crippen LogP contribution in [0.15, 0.2) is 18.5 Å². The van der Waals surface area contributed by atoms with Crippen LogP contribution < -0.4 is 5.32 Å². The van der Waals surface area contributed by atoms with Gasteiger partial charge in [-0.05, 0) is 37.3 Å². The summed E-state index contributed by atoms with van der Waals surface area (Å²) in [5.74, 6) is 1.03. The largest absolute Gasteiger partial charge is 0.349 e. The molecular weight excluding hydrogens is 248 g/mol. The Morgan fingerprint density at radius 3 is 3.00 bits per heavy atom. The monoisotopic (exact) mass is 266 g/mol. The zero-order valence-electron chi connectivity index (χ0n) is 10.7. The Kier molecular flexibility index (Phi) is 4.59. The van der Waals surface area contributed by atoms with E-state index in [0.717, 1.165) is 18.4 Å². The molecule has 1 aromatic heterocycles. The van der Waals surface area contributed by atoms with Crippen LogP contribution in [0.4, 0.5) is 0 Å². The van der Waals surface area contributed by atoms with Gasteiger partial charge in [0.25, 0.3) is 5.91 Å². The molecule has 3 nitrogen and oxygen atoms in total. The zero-order chi connectivity index (χ0) is 13.0. The molecule has 0 aliphatic heterocycles. The number of rotatable bonds is 3. The van der Waals surface area contributed by atoms with Gasteiger partial charge in [0.1, 0.15) is 0 Å². The second-order valence-electron chi connectivity index (χ2n) is 4.97. The molecule has 0 radical (unpaired) electrons. The summed E-state index contributed by atoms with van der Waals surface area (Å²) >= 11 is 5.97. The number of nitrogens with one attached hydrogen (secondary N) is 1. The highest BCUT2D eigenvalue weighted by atomic mass is 35.5. The van der Waals surface area contributed by atoms with Gasteiger partial charge in [0, 0.05) is 29.9 Å². The highest BCUT2D eigenvalue weighted by Crippen LogP contribution is 2.25. The maximum atomic E-state index is 12.2. The quantitative estimate of drug-likeness (QED) is 0.855. The van der Waals surface area contributed by atoms with Crippen molar-refractivity contribution in [2.45, 2.75) is 38.6 Å². The molecule has 1 saturated carbocycles. The summed E-state index contributed by atoms with van der Waals surface area (Å²) in [6, 6.07) is 1.99. The molecule has 1 aromatic rings. The second-order valence-corrected chi connectivity index (χ2v) is 5.28. The van der Waals surface area contributed by atoms with Crippen LogP contribution in [0.2, 0.25) is 0 Å². The van der Waals surface area contributed by atoms with Gasteiger partial charge in [0.05, 0.1) is 0 Å². The van der Waals surface area contributed by atoms with Crippen molar-refractivity contribution in [3.05, 3.63) is 29.6 Å². The van der Waals surface area contributed by atoms with E-state index < -0.39 is 0 Å². The number of carbonyl (C=O) groups is 1. The molecule has 1 amide bonds. The minimum atomic E-state index is -0.00285. The third-order valence-electron chi connectivity index (χ3n) is 3.69. The van der Waals surface area contributed by atoms with E-state index in [-0.39, 0.29) is 11.9 Å². The number of nitrogens with zero attached hydrogens (tertiary/aromatic N) is 1. The molecular formula is C14H19ClN2O. The first-order valence-electron chi connectivity index (χ1n) is 6.50. The first-order chi connectivity index (χ1) is 8.72.